The summed E-state index contributed by atoms with van der Waals surface area (Å²) in [6.07, 6.45) is 10.5. The molecule has 1 aromatic carbocycles. The largest absolute Gasteiger partial charge is 0.467 e. The third-order valence-electron chi connectivity index (χ3n) is 8.31. The highest BCUT2D eigenvalue weighted by molar-refractivity contribution is 6.07. The number of piperidine rings is 2. The predicted molar refractivity (Wildman–Crippen MR) is 150 cm³/mol. The first-order chi connectivity index (χ1) is 19.5. The van der Waals surface area contributed by atoms with Gasteiger partial charge in [-0.15, -0.1) is 0 Å². The van der Waals surface area contributed by atoms with Gasteiger partial charge in [0.05, 0.1) is 29.1 Å². The van der Waals surface area contributed by atoms with Crippen LogP contribution >= 0.6 is 0 Å². The molecule has 0 bridgehead atoms. The Morgan fingerprint density at radius 3 is 2.77 bits per heavy atom. The summed E-state index contributed by atoms with van der Waals surface area (Å²) in [5, 5.41) is 14.7. The van der Waals surface area contributed by atoms with E-state index in [4.69, 9.17) is 4.74 Å². The van der Waals surface area contributed by atoms with E-state index < -0.39 is 5.72 Å². The molecule has 2 fully saturated rings. The highest BCUT2D eigenvalue weighted by Crippen LogP contribution is 2.37. The number of fused-ring (bicyclic) bond motifs is 2. The van der Waals surface area contributed by atoms with E-state index in [-0.39, 0.29) is 11.8 Å². The minimum absolute atomic E-state index is 0.117. The van der Waals surface area contributed by atoms with Gasteiger partial charge in [0.25, 0.3) is 11.8 Å². The van der Waals surface area contributed by atoms with Crippen molar-refractivity contribution in [2.75, 3.05) is 38.5 Å². The summed E-state index contributed by atoms with van der Waals surface area (Å²) >= 11 is 0. The second-order valence-electron chi connectivity index (χ2n) is 11.0. The van der Waals surface area contributed by atoms with Gasteiger partial charge in [0.2, 0.25) is 0 Å². The summed E-state index contributed by atoms with van der Waals surface area (Å²) in [6.45, 7) is 3.65. The van der Waals surface area contributed by atoms with Crippen molar-refractivity contribution in [1.29, 1.82) is 0 Å². The minimum Gasteiger partial charge on any atom is -0.467 e. The molecule has 3 aliphatic heterocycles. The SMILES string of the molecule is CN1CCC(n2cc(NC(=O)c3cnc4[nH]cc(-c5ccc6c(c5)OC5(CCNCC5)NC6=O)c4c3)cn2)CC1. The Hall–Kier alpha value is -4.22. The Labute approximate surface area is 231 Å². The van der Waals surface area contributed by atoms with Crippen LogP contribution in [0.25, 0.3) is 22.2 Å². The first-order valence-electron chi connectivity index (χ1n) is 13.8. The highest BCUT2D eigenvalue weighted by Gasteiger charge is 2.40. The van der Waals surface area contributed by atoms with Crippen LogP contribution in [0.3, 0.4) is 0 Å². The standard InChI is InChI=1S/C29H32N8O3/c1-36-10-4-21(5-11-36)37-17-20(15-33-37)34-27(38)19-12-23-24(16-32-26(23)31-14-19)18-2-3-22-25(13-18)40-29(35-28(22)39)6-8-30-9-7-29/h2-3,12-17,21,30H,4-11H2,1H3,(H,31,32)(H,34,38)(H,35,39). The lowest BCUT2D eigenvalue weighted by atomic mass is 9.96. The summed E-state index contributed by atoms with van der Waals surface area (Å²) in [5.74, 6) is 0.206. The number of aromatic nitrogens is 4. The van der Waals surface area contributed by atoms with E-state index in [1.54, 1.807) is 18.5 Å². The summed E-state index contributed by atoms with van der Waals surface area (Å²) in [4.78, 5) is 36.1. The van der Waals surface area contributed by atoms with Gasteiger partial charge < -0.3 is 30.6 Å². The van der Waals surface area contributed by atoms with Crippen molar-refractivity contribution >= 4 is 28.5 Å². The van der Waals surface area contributed by atoms with Crippen LogP contribution in [0.5, 0.6) is 5.75 Å². The maximum absolute atomic E-state index is 13.2. The van der Waals surface area contributed by atoms with E-state index in [9.17, 15) is 9.59 Å². The van der Waals surface area contributed by atoms with E-state index in [1.807, 2.05) is 35.3 Å². The number of nitrogens with one attached hydrogen (secondary N) is 4. The molecular formula is C29H32N8O3. The maximum atomic E-state index is 13.2. The van der Waals surface area contributed by atoms with Gasteiger partial charge in [0.15, 0.2) is 5.72 Å². The number of nitrogens with zero attached hydrogens (tertiary/aromatic N) is 4. The number of H-pyrrole nitrogens is 1. The van der Waals surface area contributed by atoms with E-state index in [1.165, 1.54) is 0 Å². The van der Waals surface area contributed by atoms with Gasteiger partial charge in [-0.3, -0.25) is 14.3 Å². The topological polar surface area (TPSA) is 129 Å². The van der Waals surface area contributed by atoms with Crippen LogP contribution in [0.2, 0.25) is 0 Å². The number of ether oxygens (including phenoxy) is 1. The summed E-state index contributed by atoms with van der Waals surface area (Å²) in [7, 11) is 2.13. The number of hydrogen-bond donors (Lipinski definition) is 4. The Balaban J connectivity index is 1.13. The third-order valence-corrected chi connectivity index (χ3v) is 8.31. The van der Waals surface area contributed by atoms with Crippen molar-refractivity contribution in [1.82, 2.24) is 35.3 Å². The van der Waals surface area contributed by atoms with Crippen molar-refractivity contribution in [3.8, 4) is 16.9 Å². The fourth-order valence-electron chi connectivity index (χ4n) is 5.96. The summed E-state index contributed by atoms with van der Waals surface area (Å²) < 4.78 is 8.35. The number of benzene rings is 1. The van der Waals surface area contributed by atoms with Crippen molar-refractivity contribution in [2.24, 2.45) is 0 Å². The second-order valence-corrected chi connectivity index (χ2v) is 11.0. The quantitative estimate of drug-likeness (QED) is 0.313. The lowest BCUT2D eigenvalue weighted by molar-refractivity contribution is -0.00348. The highest BCUT2D eigenvalue weighted by atomic mass is 16.5. The average Bonchev–Trinajstić information content (AvgIpc) is 3.60. The normalized spacial score (nSPS) is 19.3. The molecule has 4 N–H and O–H groups in total. The molecule has 7 rings (SSSR count). The average molecular weight is 541 g/mol. The van der Waals surface area contributed by atoms with Crippen LogP contribution in [0, 0.1) is 0 Å². The Morgan fingerprint density at radius 1 is 1.12 bits per heavy atom. The number of aromatic amines is 1. The van der Waals surface area contributed by atoms with Crippen molar-refractivity contribution in [2.45, 2.75) is 37.5 Å². The predicted octanol–water partition coefficient (Wildman–Crippen LogP) is 3.15. The Morgan fingerprint density at radius 2 is 1.95 bits per heavy atom. The molecule has 11 nitrogen and oxygen atoms in total. The number of carbonyl (C=O) groups is 2. The molecule has 2 saturated heterocycles. The molecule has 0 saturated carbocycles. The molecule has 3 aliphatic rings. The van der Waals surface area contributed by atoms with Crippen LogP contribution in [0.4, 0.5) is 5.69 Å². The molecular weight excluding hydrogens is 508 g/mol. The molecule has 6 heterocycles. The Kier molecular flexibility index (Phi) is 6.05. The van der Waals surface area contributed by atoms with Crippen molar-refractivity contribution in [3.05, 3.63) is 60.2 Å². The van der Waals surface area contributed by atoms with Crippen LogP contribution in [-0.2, 0) is 0 Å². The van der Waals surface area contributed by atoms with E-state index in [2.05, 4.69) is 43.0 Å². The third kappa shape index (κ3) is 4.50. The van der Waals surface area contributed by atoms with Gasteiger partial charge >= 0.3 is 0 Å². The minimum atomic E-state index is -0.678. The molecule has 0 atom stereocenters. The number of likely N-dealkylation sites (tertiary alicyclic amines) is 1. The van der Waals surface area contributed by atoms with Crippen LogP contribution in [-0.4, -0.2) is 75.4 Å². The van der Waals surface area contributed by atoms with Crippen LogP contribution < -0.4 is 20.7 Å². The second kappa shape index (κ2) is 9.76. The molecule has 4 aromatic rings. The number of anilines is 1. The van der Waals surface area contributed by atoms with Crippen LogP contribution in [0.15, 0.2) is 49.1 Å². The zero-order chi connectivity index (χ0) is 27.3. The maximum Gasteiger partial charge on any atom is 0.258 e. The van der Waals surface area contributed by atoms with E-state index in [0.29, 0.717) is 47.1 Å². The fraction of sp³-hybridized carbons (Fsp3) is 0.379. The first-order valence-corrected chi connectivity index (χ1v) is 13.8. The zero-order valence-corrected chi connectivity index (χ0v) is 22.4. The van der Waals surface area contributed by atoms with Crippen molar-refractivity contribution in [3.63, 3.8) is 0 Å². The van der Waals surface area contributed by atoms with Gasteiger partial charge in [-0.2, -0.15) is 5.10 Å². The van der Waals surface area contributed by atoms with Crippen molar-refractivity contribution < 1.29 is 14.3 Å². The Bertz CT molecular complexity index is 1590. The number of hydrogen-bond acceptors (Lipinski definition) is 7. The molecule has 0 radical (unpaired) electrons. The summed E-state index contributed by atoms with van der Waals surface area (Å²) in [6, 6.07) is 7.78. The fourth-order valence-corrected chi connectivity index (χ4v) is 5.96. The molecule has 11 heteroatoms. The zero-order valence-electron chi connectivity index (χ0n) is 22.4. The lowest BCUT2D eigenvalue weighted by Gasteiger charge is -2.41. The van der Waals surface area contributed by atoms with Crippen LogP contribution in [0.1, 0.15) is 52.4 Å². The number of amides is 2. The lowest BCUT2D eigenvalue weighted by Crippen LogP contribution is -2.60. The molecule has 1 spiro atoms. The molecule has 40 heavy (non-hydrogen) atoms. The summed E-state index contributed by atoms with van der Waals surface area (Å²) in [5.41, 5.74) is 3.38. The van der Waals surface area contributed by atoms with Gasteiger partial charge in [-0.1, -0.05) is 6.07 Å². The smallest absolute Gasteiger partial charge is 0.258 e. The molecule has 3 aromatic heterocycles. The van der Waals surface area contributed by atoms with E-state index in [0.717, 1.165) is 55.5 Å². The number of pyridine rings is 1. The monoisotopic (exact) mass is 540 g/mol. The van der Waals surface area contributed by atoms with Gasteiger partial charge in [0, 0.05) is 55.5 Å². The molecule has 0 aliphatic carbocycles. The number of carbonyl (C=O) groups excluding carboxylic acids is 2. The molecule has 206 valence electrons. The molecule has 2 amide bonds. The first kappa shape index (κ1) is 24.8. The van der Waals surface area contributed by atoms with E-state index >= 15 is 0 Å². The van der Waals surface area contributed by atoms with Gasteiger partial charge in [-0.05, 0) is 56.7 Å². The van der Waals surface area contributed by atoms with Gasteiger partial charge in [-0.25, -0.2) is 4.98 Å². The van der Waals surface area contributed by atoms with Gasteiger partial charge in [0.1, 0.15) is 11.4 Å². The number of rotatable bonds is 4. The molecule has 0 unspecified atom stereocenters.